The zero-order chi connectivity index (χ0) is 18.2. The highest BCUT2D eigenvalue weighted by Gasteiger charge is 2.35. The first-order chi connectivity index (χ1) is 11.7. The van der Waals surface area contributed by atoms with Gasteiger partial charge in [-0.2, -0.15) is 0 Å². The maximum atomic E-state index is 12.6. The maximum Gasteiger partial charge on any atom is 0.317 e. The molecule has 1 aromatic carbocycles. The number of phenolic OH excluding ortho intramolecular Hbond substituents is 1. The van der Waals surface area contributed by atoms with Gasteiger partial charge in [-0.1, -0.05) is 26.0 Å². The summed E-state index contributed by atoms with van der Waals surface area (Å²) in [5, 5.41) is 12.7. The van der Waals surface area contributed by atoms with Gasteiger partial charge < -0.3 is 19.7 Å². The van der Waals surface area contributed by atoms with E-state index in [0.29, 0.717) is 6.54 Å². The maximum absolute atomic E-state index is 12.6. The lowest BCUT2D eigenvalue weighted by atomic mass is 9.75. The van der Waals surface area contributed by atoms with Crippen LogP contribution in [-0.4, -0.2) is 23.1 Å². The Labute approximate surface area is 148 Å². The molecule has 2 amide bonds. The molecule has 5 heteroatoms. The lowest BCUT2D eigenvalue weighted by Crippen LogP contribution is -2.42. The van der Waals surface area contributed by atoms with Crippen LogP contribution >= 0.6 is 0 Å². The molecule has 2 aromatic rings. The van der Waals surface area contributed by atoms with E-state index >= 15 is 0 Å². The van der Waals surface area contributed by atoms with Gasteiger partial charge in [0.1, 0.15) is 17.3 Å². The Balaban J connectivity index is 1.71. The standard InChI is InChI=1S/C20H26N2O3/c1-13-8-16-17(10-20(2,3)11-18(16)25-13)21-19(24)22(4)12-14-6-5-7-15(23)9-14/h5-9,17,23H,10-12H2,1-4H3,(H,21,24). The van der Waals surface area contributed by atoms with E-state index in [1.54, 1.807) is 30.1 Å². The van der Waals surface area contributed by atoms with Gasteiger partial charge in [-0.05, 0) is 42.5 Å². The number of urea groups is 1. The predicted molar refractivity (Wildman–Crippen MR) is 96.4 cm³/mol. The van der Waals surface area contributed by atoms with E-state index in [2.05, 4.69) is 19.2 Å². The molecular formula is C20H26N2O3. The van der Waals surface area contributed by atoms with Crippen LogP contribution in [0.4, 0.5) is 4.79 Å². The fourth-order valence-corrected chi connectivity index (χ4v) is 3.57. The molecule has 5 nitrogen and oxygen atoms in total. The van der Waals surface area contributed by atoms with Crippen molar-refractivity contribution in [3.63, 3.8) is 0 Å². The first-order valence-corrected chi connectivity index (χ1v) is 8.62. The van der Waals surface area contributed by atoms with Crippen LogP contribution in [0, 0.1) is 12.3 Å². The van der Waals surface area contributed by atoms with Gasteiger partial charge in [-0.25, -0.2) is 4.79 Å². The van der Waals surface area contributed by atoms with Crippen LogP contribution in [0.15, 0.2) is 34.7 Å². The number of phenols is 1. The Morgan fingerprint density at radius 1 is 1.40 bits per heavy atom. The SMILES string of the molecule is Cc1cc2c(o1)CC(C)(C)CC2NC(=O)N(C)Cc1cccc(O)c1. The number of fused-ring (bicyclic) bond motifs is 1. The van der Waals surface area contributed by atoms with Crippen LogP contribution in [0.2, 0.25) is 0 Å². The second-order valence-corrected chi connectivity index (χ2v) is 7.81. The molecule has 25 heavy (non-hydrogen) atoms. The van der Waals surface area contributed by atoms with Crippen molar-refractivity contribution in [2.45, 2.75) is 46.2 Å². The van der Waals surface area contributed by atoms with Crippen LogP contribution in [0.5, 0.6) is 5.75 Å². The highest BCUT2D eigenvalue weighted by molar-refractivity contribution is 5.74. The normalized spacial score (nSPS) is 18.5. The van der Waals surface area contributed by atoms with Crippen LogP contribution in [0.25, 0.3) is 0 Å². The third-order valence-electron chi connectivity index (χ3n) is 4.71. The van der Waals surface area contributed by atoms with Crippen molar-refractivity contribution in [2.75, 3.05) is 7.05 Å². The lowest BCUT2D eigenvalue weighted by Gasteiger charge is -2.35. The highest BCUT2D eigenvalue weighted by atomic mass is 16.3. The smallest absolute Gasteiger partial charge is 0.317 e. The van der Waals surface area contributed by atoms with Crippen molar-refractivity contribution in [2.24, 2.45) is 5.41 Å². The highest BCUT2D eigenvalue weighted by Crippen LogP contribution is 2.42. The average Bonchev–Trinajstić information content (AvgIpc) is 2.86. The van der Waals surface area contributed by atoms with Gasteiger partial charge in [0, 0.05) is 25.6 Å². The van der Waals surface area contributed by atoms with Crippen molar-refractivity contribution in [3.05, 3.63) is 53.0 Å². The summed E-state index contributed by atoms with van der Waals surface area (Å²) in [6.45, 7) is 6.78. The quantitative estimate of drug-likeness (QED) is 0.881. The summed E-state index contributed by atoms with van der Waals surface area (Å²) in [6, 6.07) is 8.82. The van der Waals surface area contributed by atoms with E-state index in [1.807, 2.05) is 19.1 Å². The zero-order valence-electron chi connectivity index (χ0n) is 15.3. The van der Waals surface area contributed by atoms with Crippen molar-refractivity contribution in [1.82, 2.24) is 10.2 Å². The molecule has 134 valence electrons. The molecule has 0 bridgehead atoms. The van der Waals surface area contributed by atoms with Crippen LogP contribution in [0.3, 0.4) is 0 Å². The minimum absolute atomic E-state index is 0.0460. The number of aryl methyl sites for hydroxylation is 1. The Morgan fingerprint density at radius 3 is 2.88 bits per heavy atom. The van der Waals surface area contributed by atoms with Gasteiger partial charge >= 0.3 is 6.03 Å². The lowest BCUT2D eigenvalue weighted by molar-refractivity contribution is 0.188. The van der Waals surface area contributed by atoms with Crippen molar-refractivity contribution >= 4 is 6.03 Å². The number of rotatable bonds is 3. The average molecular weight is 342 g/mol. The molecule has 1 aromatic heterocycles. The number of hydrogen-bond acceptors (Lipinski definition) is 3. The Morgan fingerprint density at radius 2 is 2.16 bits per heavy atom. The number of amides is 2. The summed E-state index contributed by atoms with van der Waals surface area (Å²) >= 11 is 0. The van der Waals surface area contributed by atoms with E-state index in [-0.39, 0.29) is 23.2 Å². The summed E-state index contributed by atoms with van der Waals surface area (Å²) in [7, 11) is 1.76. The third-order valence-corrected chi connectivity index (χ3v) is 4.71. The van der Waals surface area contributed by atoms with Gasteiger partial charge in [0.05, 0.1) is 6.04 Å². The van der Waals surface area contributed by atoms with Crippen molar-refractivity contribution in [3.8, 4) is 5.75 Å². The summed E-state index contributed by atoms with van der Waals surface area (Å²) in [4.78, 5) is 14.3. The molecule has 1 heterocycles. The molecule has 1 aliphatic rings. The molecule has 0 saturated carbocycles. The third kappa shape index (κ3) is 3.98. The molecule has 0 fully saturated rings. The van der Waals surface area contributed by atoms with Gasteiger partial charge in [-0.3, -0.25) is 0 Å². The van der Waals surface area contributed by atoms with E-state index in [0.717, 1.165) is 35.5 Å². The topological polar surface area (TPSA) is 65.7 Å². The van der Waals surface area contributed by atoms with Crippen LogP contribution < -0.4 is 5.32 Å². The van der Waals surface area contributed by atoms with Crippen molar-refractivity contribution < 1.29 is 14.3 Å². The molecular weight excluding hydrogens is 316 g/mol. The number of hydrogen-bond donors (Lipinski definition) is 2. The number of nitrogens with one attached hydrogen (secondary N) is 1. The van der Waals surface area contributed by atoms with E-state index < -0.39 is 0 Å². The fraction of sp³-hybridized carbons (Fsp3) is 0.450. The molecule has 0 radical (unpaired) electrons. The first kappa shape index (κ1) is 17.4. The van der Waals surface area contributed by atoms with Gasteiger partial charge in [0.15, 0.2) is 0 Å². The van der Waals surface area contributed by atoms with E-state index in [4.69, 9.17) is 4.42 Å². The second kappa shape index (κ2) is 6.47. The van der Waals surface area contributed by atoms with Crippen molar-refractivity contribution in [1.29, 1.82) is 0 Å². The number of furan rings is 1. The summed E-state index contributed by atoms with van der Waals surface area (Å²) in [5.74, 6) is 2.07. The molecule has 0 spiro atoms. The molecule has 1 unspecified atom stereocenters. The molecule has 2 N–H and O–H groups in total. The second-order valence-electron chi connectivity index (χ2n) is 7.81. The zero-order valence-corrected chi connectivity index (χ0v) is 15.3. The Kier molecular flexibility index (Phi) is 4.50. The molecule has 0 aliphatic heterocycles. The fourth-order valence-electron chi connectivity index (χ4n) is 3.57. The van der Waals surface area contributed by atoms with Gasteiger partial charge in [0.25, 0.3) is 0 Å². The van der Waals surface area contributed by atoms with E-state index in [9.17, 15) is 9.90 Å². The largest absolute Gasteiger partial charge is 0.508 e. The monoisotopic (exact) mass is 342 g/mol. The minimum atomic E-state index is -0.129. The van der Waals surface area contributed by atoms with Crippen LogP contribution in [0.1, 0.15) is 49.0 Å². The Hall–Kier alpha value is -2.43. The number of benzene rings is 1. The van der Waals surface area contributed by atoms with Crippen LogP contribution in [-0.2, 0) is 13.0 Å². The predicted octanol–water partition coefficient (Wildman–Crippen LogP) is 4.15. The Bertz CT molecular complexity index is 779. The first-order valence-electron chi connectivity index (χ1n) is 8.62. The molecule has 3 rings (SSSR count). The van der Waals surface area contributed by atoms with E-state index in [1.165, 1.54) is 0 Å². The van der Waals surface area contributed by atoms with Gasteiger partial charge in [0.2, 0.25) is 0 Å². The summed E-state index contributed by atoms with van der Waals surface area (Å²) in [6.07, 6.45) is 1.77. The number of nitrogens with zero attached hydrogens (tertiary/aromatic N) is 1. The number of carbonyl (C=O) groups is 1. The molecule has 1 atom stereocenters. The van der Waals surface area contributed by atoms with Gasteiger partial charge in [-0.15, -0.1) is 0 Å². The molecule has 0 saturated heterocycles. The summed E-state index contributed by atoms with van der Waals surface area (Å²) in [5.41, 5.74) is 2.07. The summed E-state index contributed by atoms with van der Waals surface area (Å²) < 4.78 is 5.83. The molecule has 1 aliphatic carbocycles. The number of carbonyl (C=O) groups excluding carboxylic acids is 1. The minimum Gasteiger partial charge on any atom is -0.508 e. The number of aromatic hydroxyl groups is 1.